The van der Waals surface area contributed by atoms with E-state index in [1.54, 1.807) is 0 Å². The average molecular weight is 150 g/mol. The fourth-order valence-electron chi connectivity index (χ4n) is 0.942. The zero-order valence-electron chi connectivity index (χ0n) is 7.31. The molecule has 0 unspecified atom stereocenters. The van der Waals surface area contributed by atoms with Crippen LogP contribution in [0.4, 0.5) is 0 Å². The van der Waals surface area contributed by atoms with Gasteiger partial charge in [-0.25, -0.2) is 0 Å². The van der Waals surface area contributed by atoms with Crippen LogP contribution in [0.5, 0.6) is 0 Å². The molecule has 62 valence electrons. The van der Waals surface area contributed by atoms with E-state index < -0.39 is 0 Å². The minimum atomic E-state index is 0.930. The van der Waals surface area contributed by atoms with Crippen molar-refractivity contribution in [3.8, 4) is 0 Å². The van der Waals surface area contributed by atoms with E-state index in [2.05, 4.69) is 26.8 Å². The molecule has 0 aromatic carbocycles. The molecule has 0 nitrogen and oxygen atoms in total. The van der Waals surface area contributed by atoms with Crippen molar-refractivity contribution in [2.75, 3.05) is 0 Å². The summed E-state index contributed by atoms with van der Waals surface area (Å²) in [6.07, 6.45) is 9.36. The minimum absolute atomic E-state index is 0.930. The van der Waals surface area contributed by atoms with Crippen LogP contribution in [0.2, 0.25) is 0 Å². The van der Waals surface area contributed by atoms with Gasteiger partial charge in [-0.1, -0.05) is 6.58 Å². The van der Waals surface area contributed by atoms with Gasteiger partial charge >= 0.3 is 0 Å². The lowest BCUT2D eigenvalue weighted by Crippen LogP contribution is -1.94. The van der Waals surface area contributed by atoms with Gasteiger partial charge < -0.3 is 0 Å². The van der Waals surface area contributed by atoms with E-state index >= 15 is 0 Å². The molecule has 0 spiro atoms. The molecule has 0 aliphatic heterocycles. The van der Waals surface area contributed by atoms with E-state index in [0.717, 1.165) is 32.1 Å². The first-order valence-corrected chi connectivity index (χ1v) is 4.19. The van der Waals surface area contributed by atoms with Crippen LogP contribution >= 0.6 is 0 Å². The third-order valence-corrected chi connectivity index (χ3v) is 1.63. The number of hydrogen-bond acceptors (Lipinski definition) is 0. The highest BCUT2D eigenvalue weighted by atomic mass is 14.1. The zero-order chi connectivity index (χ0) is 8.53. The van der Waals surface area contributed by atoms with Gasteiger partial charge in [-0.2, -0.15) is 0 Å². The lowest BCUT2D eigenvalue weighted by molar-refractivity contribution is 0.775. The number of hydrogen-bond donors (Lipinski definition) is 0. The molecule has 0 saturated carbocycles. The van der Waals surface area contributed by atoms with Crippen LogP contribution in [0.25, 0.3) is 0 Å². The van der Waals surface area contributed by atoms with Gasteiger partial charge in [0.15, 0.2) is 0 Å². The molecule has 0 aromatic rings. The Balaban J connectivity index is 3.27. The molecular weight excluding hydrogens is 132 g/mol. The highest BCUT2D eigenvalue weighted by Crippen LogP contribution is 2.18. The summed E-state index contributed by atoms with van der Waals surface area (Å²) >= 11 is 0. The Hall–Kier alpha value is -0.520. The molecule has 11 heavy (non-hydrogen) atoms. The second kappa shape index (κ2) is 7.59. The first kappa shape index (κ1) is 10.5. The summed E-state index contributed by atoms with van der Waals surface area (Å²) in [4.78, 5) is 0. The Morgan fingerprint density at radius 2 is 2.36 bits per heavy atom. The molecule has 0 amide bonds. The van der Waals surface area contributed by atoms with Crippen molar-refractivity contribution in [3.63, 3.8) is 0 Å². The molecule has 0 radical (unpaired) electrons. The Kier molecular flexibility index (Phi) is 7.23. The molecule has 0 rings (SSSR count). The van der Waals surface area contributed by atoms with Gasteiger partial charge in [0.1, 0.15) is 6.42 Å². The summed E-state index contributed by atoms with van der Waals surface area (Å²) < 4.78 is 0. The van der Waals surface area contributed by atoms with Gasteiger partial charge in [0.25, 0.3) is 0 Å². The number of allylic oxidation sites excluding steroid dienone is 1. The molecule has 0 aliphatic carbocycles. The highest BCUT2D eigenvalue weighted by Gasteiger charge is 2.04. The van der Waals surface area contributed by atoms with Gasteiger partial charge in [-0.05, 0) is 18.9 Å². The standard InChI is InChI=1S/C11H18/c1-4-7-8-10-11(6-3)9-5-2/h5,8H,1-4,6-7,9-10H2. The van der Waals surface area contributed by atoms with Gasteiger partial charge in [0, 0.05) is 5.92 Å². The molecule has 0 bridgehead atoms. The van der Waals surface area contributed by atoms with Crippen molar-refractivity contribution < 1.29 is 0 Å². The van der Waals surface area contributed by atoms with Crippen molar-refractivity contribution in [2.45, 2.75) is 32.1 Å². The Morgan fingerprint density at radius 1 is 1.64 bits per heavy atom. The van der Waals surface area contributed by atoms with Crippen molar-refractivity contribution >= 4 is 0 Å². The Bertz CT molecular complexity index is 84.0. The molecule has 0 heterocycles. The smallest absolute Gasteiger partial charge is 0.102 e. The molecule has 0 heteroatoms. The summed E-state index contributed by atoms with van der Waals surface area (Å²) in [6.45, 7) is 11.3. The fraction of sp³-hybridized carbons (Fsp3) is 0.455. The second-order valence-corrected chi connectivity index (χ2v) is 2.63. The molecule has 0 fully saturated rings. The van der Waals surface area contributed by atoms with Crippen LogP contribution in [-0.4, -0.2) is 0 Å². The second-order valence-electron chi connectivity index (χ2n) is 2.63. The third-order valence-electron chi connectivity index (χ3n) is 1.63. The lowest BCUT2D eigenvalue weighted by Gasteiger charge is -2.10. The summed E-state index contributed by atoms with van der Waals surface area (Å²) in [7, 11) is 0. The third kappa shape index (κ3) is 5.90. The maximum absolute atomic E-state index is 3.86. The predicted molar refractivity (Wildman–Crippen MR) is 51.5 cm³/mol. The monoisotopic (exact) mass is 150 g/mol. The highest BCUT2D eigenvalue weighted by molar-refractivity contribution is 4.99. The van der Waals surface area contributed by atoms with Crippen molar-refractivity contribution in [1.82, 2.24) is 0 Å². The van der Waals surface area contributed by atoms with Gasteiger partial charge in [0.05, 0.1) is 13.3 Å². The lowest BCUT2D eigenvalue weighted by atomic mass is 9.95. The zero-order valence-corrected chi connectivity index (χ0v) is 7.31. The Labute approximate surface area is 71.7 Å². The van der Waals surface area contributed by atoms with E-state index in [9.17, 15) is 0 Å². The largest absolute Gasteiger partial charge is 0.299 e. The first-order chi connectivity index (χ1) is 5.35. The van der Waals surface area contributed by atoms with Crippen LogP contribution in [0, 0.1) is 26.2 Å². The van der Waals surface area contributed by atoms with Gasteiger partial charge in [-0.15, -0.1) is 6.42 Å². The fourth-order valence-corrected chi connectivity index (χ4v) is 0.942. The molecular formula is C11H18. The van der Waals surface area contributed by atoms with Crippen LogP contribution < -0.4 is 0 Å². The molecule has 0 saturated heterocycles. The summed E-state index contributed by atoms with van der Waals surface area (Å²) in [5.41, 5.74) is 0. The normalized spacial score (nSPS) is 9.55. The first-order valence-electron chi connectivity index (χ1n) is 4.19. The maximum atomic E-state index is 3.86. The number of unbranched alkanes of at least 4 members (excludes halogenated alkanes) is 2. The van der Waals surface area contributed by atoms with E-state index in [-0.39, 0.29) is 0 Å². The minimum Gasteiger partial charge on any atom is -0.299 e. The SMILES string of the molecule is C=CC[C+](C[CH2-])C[CH-]CC[CH2+]. The van der Waals surface area contributed by atoms with Crippen molar-refractivity contribution in [3.05, 3.63) is 38.8 Å². The molecule has 0 aromatic heterocycles. The summed E-state index contributed by atoms with van der Waals surface area (Å²) in [5, 5.41) is 0. The summed E-state index contributed by atoms with van der Waals surface area (Å²) in [6, 6.07) is 0. The van der Waals surface area contributed by atoms with Crippen molar-refractivity contribution in [2.24, 2.45) is 0 Å². The summed E-state index contributed by atoms with van der Waals surface area (Å²) in [5.74, 6) is 1.47. The van der Waals surface area contributed by atoms with E-state index in [0.29, 0.717) is 0 Å². The van der Waals surface area contributed by atoms with Gasteiger partial charge in [-0.3, -0.25) is 13.3 Å². The average Bonchev–Trinajstić information content (AvgIpc) is 2.03. The van der Waals surface area contributed by atoms with Crippen LogP contribution in [-0.2, 0) is 0 Å². The molecule has 0 aliphatic rings. The maximum Gasteiger partial charge on any atom is 0.102 e. The predicted octanol–water partition coefficient (Wildman–Crippen LogP) is 3.57. The van der Waals surface area contributed by atoms with Gasteiger partial charge in [0.2, 0.25) is 0 Å². The molecule has 0 N–H and O–H groups in total. The Morgan fingerprint density at radius 3 is 2.82 bits per heavy atom. The van der Waals surface area contributed by atoms with E-state index in [1.807, 2.05) is 6.08 Å². The van der Waals surface area contributed by atoms with Crippen LogP contribution in [0.1, 0.15) is 32.1 Å². The van der Waals surface area contributed by atoms with E-state index in [1.165, 1.54) is 5.92 Å². The quantitative estimate of drug-likeness (QED) is 0.296. The molecule has 0 atom stereocenters. The van der Waals surface area contributed by atoms with E-state index in [4.69, 9.17) is 0 Å². The topological polar surface area (TPSA) is 0 Å². The van der Waals surface area contributed by atoms with Crippen LogP contribution in [0.3, 0.4) is 0 Å². The van der Waals surface area contributed by atoms with Crippen LogP contribution in [0.15, 0.2) is 12.7 Å². The number of rotatable bonds is 7. The van der Waals surface area contributed by atoms with Crippen molar-refractivity contribution in [1.29, 1.82) is 0 Å².